The van der Waals surface area contributed by atoms with Gasteiger partial charge >= 0.3 is 0 Å². The van der Waals surface area contributed by atoms with Crippen molar-refractivity contribution in [1.82, 2.24) is 0 Å². The van der Waals surface area contributed by atoms with Gasteiger partial charge in [0, 0.05) is 18.1 Å². The minimum Gasteiger partial charge on any atom is -0.503 e. The molecule has 0 unspecified atom stereocenters. The van der Waals surface area contributed by atoms with E-state index in [1.165, 1.54) is 7.11 Å². The monoisotopic (exact) mass is 259 g/mol. The standard InChI is InChI=1S/C12H18ClNO3/c1-12(2,6-15)11(14)7-4-8(13)10(16)9(5-7)17-3/h4-5,11,15-16H,6,14H2,1-3H3/t11-/m0/s1. The van der Waals surface area contributed by atoms with Gasteiger partial charge in [0.1, 0.15) is 0 Å². The van der Waals surface area contributed by atoms with Crippen LogP contribution >= 0.6 is 11.6 Å². The fourth-order valence-electron chi connectivity index (χ4n) is 1.48. The second-order valence-corrected chi connectivity index (χ2v) is 5.09. The Balaban J connectivity index is 3.20. The first-order valence-corrected chi connectivity index (χ1v) is 5.64. The van der Waals surface area contributed by atoms with Crippen LogP contribution in [0.25, 0.3) is 0 Å². The number of aliphatic hydroxyl groups is 1. The van der Waals surface area contributed by atoms with E-state index in [2.05, 4.69) is 0 Å². The van der Waals surface area contributed by atoms with Gasteiger partial charge < -0.3 is 20.7 Å². The van der Waals surface area contributed by atoms with Crippen LogP contribution in [-0.4, -0.2) is 23.9 Å². The van der Waals surface area contributed by atoms with E-state index >= 15 is 0 Å². The molecule has 0 fully saturated rings. The zero-order chi connectivity index (χ0) is 13.2. The molecule has 0 aliphatic carbocycles. The molecule has 4 nitrogen and oxygen atoms in total. The highest BCUT2D eigenvalue weighted by Crippen LogP contribution is 2.39. The lowest BCUT2D eigenvalue weighted by Crippen LogP contribution is -2.32. The molecule has 0 saturated carbocycles. The van der Waals surface area contributed by atoms with E-state index in [0.717, 1.165) is 0 Å². The first-order chi connectivity index (χ1) is 7.83. The summed E-state index contributed by atoms with van der Waals surface area (Å²) in [7, 11) is 1.44. The summed E-state index contributed by atoms with van der Waals surface area (Å²) in [6.07, 6.45) is 0. The van der Waals surface area contributed by atoms with E-state index in [4.69, 9.17) is 22.1 Å². The zero-order valence-corrected chi connectivity index (χ0v) is 11.0. The number of methoxy groups -OCH3 is 1. The maximum Gasteiger partial charge on any atom is 0.176 e. The molecule has 0 heterocycles. The lowest BCUT2D eigenvalue weighted by molar-refractivity contribution is 0.132. The first-order valence-electron chi connectivity index (χ1n) is 5.26. The number of hydrogen-bond donors (Lipinski definition) is 3. The Morgan fingerprint density at radius 1 is 1.47 bits per heavy atom. The number of benzene rings is 1. The lowest BCUT2D eigenvalue weighted by Gasteiger charge is -2.30. The van der Waals surface area contributed by atoms with Gasteiger partial charge in [-0.25, -0.2) is 0 Å². The van der Waals surface area contributed by atoms with E-state index in [1.807, 2.05) is 13.8 Å². The molecular weight excluding hydrogens is 242 g/mol. The number of aromatic hydroxyl groups is 1. The van der Waals surface area contributed by atoms with Gasteiger partial charge in [0.15, 0.2) is 11.5 Å². The smallest absolute Gasteiger partial charge is 0.176 e. The molecule has 1 atom stereocenters. The van der Waals surface area contributed by atoms with Crippen LogP contribution in [0.3, 0.4) is 0 Å². The molecule has 17 heavy (non-hydrogen) atoms. The molecule has 0 spiro atoms. The molecule has 5 heteroatoms. The Bertz CT molecular complexity index is 407. The molecule has 0 saturated heterocycles. The summed E-state index contributed by atoms with van der Waals surface area (Å²) in [6.45, 7) is 3.66. The summed E-state index contributed by atoms with van der Waals surface area (Å²) in [5.41, 5.74) is 6.30. The quantitative estimate of drug-likeness (QED) is 0.774. The minimum atomic E-state index is -0.481. The summed E-state index contributed by atoms with van der Waals surface area (Å²) in [4.78, 5) is 0. The van der Waals surface area contributed by atoms with Crippen molar-refractivity contribution in [3.05, 3.63) is 22.7 Å². The Kier molecular flexibility index (Phi) is 4.25. The molecule has 0 amide bonds. The largest absolute Gasteiger partial charge is 0.503 e. The Morgan fingerprint density at radius 2 is 2.06 bits per heavy atom. The Labute approximate surface area is 106 Å². The van der Waals surface area contributed by atoms with Gasteiger partial charge in [-0.15, -0.1) is 0 Å². The highest BCUT2D eigenvalue weighted by atomic mass is 35.5. The van der Waals surface area contributed by atoms with E-state index in [9.17, 15) is 10.2 Å². The maximum atomic E-state index is 9.62. The second kappa shape index (κ2) is 5.12. The van der Waals surface area contributed by atoms with E-state index in [0.29, 0.717) is 5.56 Å². The molecule has 1 aromatic rings. The zero-order valence-electron chi connectivity index (χ0n) is 10.2. The first kappa shape index (κ1) is 14.1. The van der Waals surface area contributed by atoms with Gasteiger partial charge in [0.05, 0.1) is 12.1 Å². The predicted octanol–water partition coefficient (Wildman–Crippen LogP) is 2.07. The molecule has 0 radical (unpaired) electrons. The van der Waals surface area contributed by atoms with Crippen LogP contribution < -0.4 is 10.5 Å². The molecule has 0 aliphatic heterocycles. The molecular formula is C12H18ClNO3. The Morgan fingerprint density at radius 3 is 2.53 bits per heavy atom. The van der Waals surface area contributed by atoms with Crippen LogP contribution in [-0.2, 0) is 0 Å². The molecule has 1 aromatic carbocycles. The highest BCUT2D eigenvalue weighted by Gasteiger charge is 2.28. The summed E-state index contributed by atoms with van der Waals surface area (Å²) in [5, 5.41) is 19.1. The summed E-state index contributed by atoms with van der Waals surface area (Å²) in [6, 6.07) is 2.81. The van der Waals surface area contributed by atoms with Crippen LogP contribution in [0.4, 0.5) is 0 Å². The SMILES string of the molecule is COc1cc([C@H](N)C(C)(C)CO)cc(Cl)c1O. The number of aliphatic hydroxyl groups excluding tert-OH is 1. The van der Waals surface area contributed by atoms with Gasteiger partial charge in [0.2, 0.25) is 0 Å². The number of hydrogen-bond acceptors (Lipinski definition) is 4. The molecule has 0 aromatic heterocycles. The lowest BCUT2D eigenvalue weighted by atomic mass is 9.82. The van der Waals surface area contributed by atoms with Crippen molar-refractivity contribution >= 4 is 11.6 Å². The second-order valence-electron chi connectivity index (χ2n) is 4.68. The average Bonchev–Trinajstić information content (AvgIpc) is 2.31. The van der Waals surface area contributed by atoms with Gasteiger partial charge in [-0.1, -0.05) is 25.4 Å². The molecule has 0 bridgehead atoms. The van der Waals surface area contributed by atoms with Crippen molar-refractivity contribution in [2.45, 2.75) is 19.9 Å². The number of ether oxygens (including phenoxy) is 1. The van der Waals surface area contributed by atoms with Crippen LogP contribution in [0.2, 0.25) is 5.02 Å². The third-order valence-corrected chi connectivity index (χ3v) is 3.17. The molecule has 0 aliphatic rings. The molecule has 96 valence electrons. The van der Waals surface area contributed by atoms with Crippen molar-refractivity contribution in [1.29, 1.82) is 0 Å². The van der Waals surface area contributed by atoms with Crippen LogP contribution in [0.15, 0.2) is 12.1 Å². The topological polar surface area (TPSA) is 75.7 Å². The van der Waals surface area contributed by atoms with E-state index in [1.54, 1.807) is 12.1 Å². The fraction of sp³-hybridized carbons (Fsp3) is 0.500. The summed E-state index contributed by atoms with van der Waals surface area (Å²) < 4.78 is 5.01. The van der Waals surface area contributed by atoms with Crippen LogP contribution in [0, 0.1) is 5.41 Å². The fourth-order valence-corrected chi connectivity index (χ4v) is 1.70. The van der Waals surface area contributed by atoms with E-state index in [-0.39, 0.29) is 23.1 Å². The maximum absolute atomic E-state index is 9.62. The normalized spacial score (nSPS) is 13.5. The third-order valence-electron chi connectivity index (χ3n) is 2.88. The van der Waals surface area contributed by atoms with Gasteiger partial charge in [-0.2, -0.15) is 0 Å². The summed E-state index contributed by atoms with van der Waals surface area (Å²) in [5.74, 6) is 0.170. The van der Waals surface area contributed by atoms with Gasteiger partial charge in [0.25, 0.3) is 0 Å². The summed E-state index contributed by atoms with van der Waals surface area (Å²) >= 11 is 5.89. The van der Waals surface area contributed by atoms with Gasteiger partial charge in [-0.05, 0) is 17.7 Å². The van der Waals surface area contributed by atoms with Crippen molar-refractivity contribution in [3.63, 3.8) is 0 Å². The highest BCUT2D eigenvalue weighted by molar-refractivity contribution is 6.32. The van der Waals surface area contributed by atoms with Crippen LogP contribution in [0.5, 0.6) is 11.5 Å². The number of halogens is 1. The van der Waals surface area contributed by atoms with Crippen molar-refractivity contribution in [2.75, 3.05) is 13.7 Å². The number of phenolic OH excluding ortho intramolecular Hbond substituents is 1. The number of nitrogens with two attached hydrogens (primary N) is 1. The van der Waals surface area contributed by atoms with Gasteiger partial charge in [-0.3, -0.25) is 0 Å². The average molecular weight is 260 g/mol. The minimum absolute atomic E-state index is 0.0466. The molecule has 1 rings (SSSR count). The Hall–Kier alpha value is -0.970. The number of rotatable bonds is 4. The van der Waals surface area contributed by atoms with Crippen molar-refractivity contribution in [3.8, 4) is 11.5 Å². The number of phenols is 1. The van der Waals surface area contributed by atoms with Crippen molar-refractivity contribution < 1.29 is 14.9 Å². The van der Waals surface area contributed by atoms with Crippen molar-refractivity contribution in [2.24, 2.45) is 11.1 Å². The molecule has 4 N–H and O–H groups in total. The third kappa shape index (κ3) is 2.83. The van der Waals surface area contributed by atoms with Crippen LogP contribution in [0.1, 0.15) is 25.5 Å². The predicted molar refractivity (Wildman–Crippen MR) is 67.5 cm³/mol. The van der Waals surface area contributed by atoms with E-state index < -0.39 is 11.5 Å².